The molecule has 1 aromatic heterocycles. The zero-order valence-electron chi connectivity index (χ0n) is 22.7. The molecule has 0 amide bonds. The molecule has 218 valence electrons. The van der Waals surface area contributed by atoms with E-state index in [2.05, 4.69) is 45.3 Å². The third kappa shape index (κ3) is 6.40. The molecule has 3 aromatic rings. The summed E-state index contributed by atoms with van der Waals surface area (Å²) in [6, 6.07) is 10.2. The second kappa shape index (κ2) is 12.9. The topological polar surface area (TPSA) is 121 Å². The van der Waals surface area contributed by atoms with Gasteiger partial charge in [0, 0.05) is 29.0 Å². The molecule has 1 saturated heterocycles. The van der Waals surface area contributed by atoms with Crippen LogP contribution in [0.4, 0.5) is 21.5 Å². The number of hydrogen-bond donors (Lipinski definition) is 4. The second-order valence-electron chi connectivity index (χ2n) is 9.75. The van der Waals surface area contributed by atoms with E-state index in [9.17, 15) is 9.65 Å². The van der Waals surface area contributed by atoms with Gasteiger partial charge in [-0.15, -0.1) is 5.53 Å². The summed E-state index contributed by atoms with van der Waals surface area (Å²) >= 11 is 18.7. The molecule has 0 spiro atoms. The van der Waals surface area contributed by atoms with E-state index in [4.69, 9.17) is 44.8 Å². The number of halogens is 4. The standard InChI is InChI=1S/C30H24Cl3FN8O/c1-16(10-35)4-3-5-17(2)28(25-13-42(41-40-25)20-14-43-15-20)38-19-8-21-29(18(11-36)12-37-30(21)23(32)9-19)39-24-7-6-22(31)26(33)27(24)34/h3-9,12-13,20,28,38,40-41H,2,14-15H2,1H3,(H,37,39)/b5-3-,16-4+/t28-/m0/s1. The molecule has 0 unspecified atom stereocenters. The Morgan fingerprint density at radius 3 is 2.74 bits per heavy atom. The predicted molar refractivity (Wildman–Crippen MR) is 167 cm³/mol. The summed E-state index contributed by atoms with van der Waals surface area (Å²) in [5, 5.41) is 27.9. The van der Waals surface area contributed by atoms with Crippen LogP contribution in [0.5, 0.6) is 0 Å². The van der Waals surface area contributed by atoms with E-state index in [1.807, 2.05) is 11.2 Å². The number of anilines is 3. The fourth-order valence-corrected chi connectivity index (χ4v) is 4.96. The van der Waals surface area contributed by atoms with Crippen LogP contribution in [0.3, 0.4) is 0 Å². The maximum atomic E-state index is 15.0. The lowest BCUT2D eigenvalue weighted by Crippen LogP contribution is -2.52. The number of allylic oxidation sites excluding steroid dienone is 3. The van der Waals surface area contributed by atoms with Crippen molar-refractivity contribution in [1.29, 1.82) is 10.5 Å². The Bertz CT molecular complexity index is 1790. The normalized spacial score (nSPS) is 15.8. The summed E-state index contributed by atoms with van der Waals surface area (Å²) in [4.78, 5) is 4.37. The molecule has 43 heavy (non-hydrogen) atoms. The average molecular weight is 638 g/mol. The minimum atomic E-state index is -0.764. The van der Waals surface area contributed by atoms with E-state index in [1.165, 1.54) is 18.3 Å². The van der Waals surface area contributed by atoms with Crippen LogP contribution in [0.25, 0.3) is 10.9 Å². The van der Waals surface area contributed by atoms with Crippen molar-refractivity contribution in [3.05, 3.63) is 105 Å². The Hall–Kier alpha value is -4.29. The number of fused-ring (bicyclic) bond motifs is 1. The van der Waals surface area contributed by atoms with E-state index in [0.717, 1.165) is 5.70 Å². The molecule has 2 aromatic carbocycles. The number of benzene rings is 2. The maximum Gasteiger partial charge on any atom is 0.166 e. The molecule has 0 bridgehead atoms. The van der Waals surface area contributed by atoms with Crippen molar-refractivity contribution in [2.75, 3.05) is 23.8 Å². The predicted octanol–water partition coefficient (Wildman–Crippen LogP) is 6.88. The number of nitriles is 2. The van der Waals surface area contributed by atoms with Gasteiger partial charge in [0.2, 0.25) is 0 Å². The third-order valence-corrected chi connectivity index (χ3v) is 7.86. The van der Waals surface area contributed by atoms with Crippen LogP contribution in [0.1, 0.15) is 12.5 Å². The van der Waals surface area contributed by atoms with Gasteiger partial charge in [0.15, 0.2) is 5.82 Å². The number of nitrogens with zero attached hydrogens (tertiary/aromatic N) is 4. The Balaban J connectivity index is 1.55. The Morgan fingerprint density at radius 1 is 1.26 bits per heavy atom. The van der Waals surface area contributed by atoms with Crippen LogP contribution in [0.2, 0.25) is 15.1 Å². The lowest BCUT2D eigenvalue weighted by Gasteiger charge is -2.33. The van der Waals surface area contributed by atoms with Crippen molar-refractivity contribution in [2.24, 2.45) is 0 Å². The van der Waals surface area contributed by atoms with Crippen molar-refractivity contribution >= 4 is 62.8 Å². The van der Waals surface area contributed by atoms with Gasteiger partial charge in [-0.3, -0.25) is 9.99 Å². The molecule has 13 heteroatoms. The van der Waals surface area contributed by atoms with Crippen molar-refractivity contribution < 1.29 is 9.13 Å². The molecule has 2 aliphatic rings. The third-order valence-electron chi connectivity index (χ3n) is 6.79. The first-order valence-electron chi connectivity index (χ1n) is 12.9. The van der Waals surface area contributed by atoms with Gasteiger partial charge in [-0.25, -0.2) is 4.39 Å². The number of hydrazine groups is 2. The van der Waals surface area contributed by atoms with Crippen molar-refractivity contribution in [3.63, 3.8) is 0 Å². The van der Waals surface area contributed by atoms with Crippen molar-refractivity contribution in [3.8, 4) is 12.1 Å². The number of aromatic nitrogens is 1. The van der Waals surface area contributed by atoms with E-state index in [0.29, 0.717) is 51.7 Å². The molecule has 9 nitrogen and oxygen atoms in total. The first kappa shape index (κ1) is 30.2. The monoisotopic (exact) mass is 636 g/mol. The van der Waals surface area contributed by atoms with Gasteiger partial charge in [0.05, 0.1) is 74.6 Å². The smallest absolute Gasteiger partial charge is 0.166 e. The summed E-state index contributed by atoms with van der Waals surface area (Å²) in [7, 11) is 0. The highest BCUT2D eigenvalue weighted by molar-refractivity contribution is 6.42. The SMILES string of the molecule is C=C(/C=C\C=C(/C)C#N)[C@H](Nc1cc(Cl)c2ncc(C#N)c(Nc3ccc(Cl)c(Cl)c3F)c2c1)C1=CN(C2COC2)NN1. The zero-order chi connectivity index (χ0) is 30.7. The summed E-state index contributed by atoms with van der Waals surface area (Å²) in [6.07, 6.45) is 8.53. The maximum absolute atomic E-state index is 15.0. The van der Waals surface area contributed by atoms with Gasteiger partial charge in [0.1, 0.15) is 6.07 Å². The van der Waals surface area contributed by atoms with E-state index in [-0.39, 0.29) is 27.3 Å². The Kier molecular flexibility index (Phi) is 9.07. The molecule has 1 atom stereocenters. The lowest BCUT2D eigenvalue weighted by atomic mass is 10.0. The summed E-state index contributed by atoms with van der Waals surface area (Å²) < 4.78 is 20.3. The molecule has 2 aliphatic heterocycles. The fraction of sp³-hybridized carbons (Fsp3) is 0.167. The van der Waals surface area contributed by atoms with Crippen LogP contribution >= 0.6 is 34.8 Å². The van der Waals surface area contributed by atoms with Crippen molar-refractivity contribution in [1.82, 2.24) is 21.0 Å². The van der Waals surface area contributed by atoms with Gasteiger partial charge in [-0.05, 0) is 42.8 Å². The zero-order valence-corrected chi connectivity index (χ0v) is 24.9. The van der Waals surface area contributed by atoms with E-state index in [1.54, 1.807) is 37.3 Å². The molecular weight excluding hydrogens is 614 g/mol. The van der Waals surface area contributed by atoms with Crippen LogP contribution in [0, 0.1) is 28.5 Å². The van der Waals surface area contributed by atoms with Crippen molar-refractivity contribution in [2.45, 2.75) is 19.0 Å². The quantitative estimate of drug-likeness (QED) is 0.113. The second-order valence-corrected chi connectivity index (χ2v) is 10.9. The number of ether oxygens (including phenoxy) is 1. The van der Waals surface area contributed by atoms with Gasteiger partial charge >= 0.3 is 0 Å². The molecule has 0 radical (unpaired) electrons. The number of hydrogen-bond acceptors (Lipinski definition) is 9. The summed E-state index contributed by atoms with van der Waals surface area (Å²) in [5.74, 6) is -0.764. The summed E-state index contributed by atoms with van der Waals surface area (Å²) in [6.45, 7) is 7.16. The first-order chi connectivity index (χ1) is 20.7. The molecule has 4 N–H and O–H groups in total. The molecular formula is C30H24Cl3FN8O. The van der Waals surface area contributed by atoms with Gasteiger partial charge < -0.3 is 20.8 Å². The van der Waals surface area contributed by atoms with Crippen LogP contribution in [-0.4, -0.2) is 35.3 Å². The Labute approximate surface area is 262 Å². The van der Waals surface area contributed by atoms with Gasteiger partial charge in [0.25, 0.3) is 0 Å². The Morgan fingerprint density at radius 2 is 2.05 bits per heavy atom. The van der Waals surface area contributed by atoms with Crippen LogP contribution < -0.4 is 21.6 Å². The molecule has 1 fully saturated rings. The largest absolute Gasteiger partial charge is 0.377 e. The number of pyridine rings is 1. The highest BCUT2D eigenvalue weighted by Gasteiger charge is 2.30. The number of nitrogens with one attached hydrogen (secondary N) is 4. The summed E-state index contributed by atoms with van der Waals surface area (Å²) in [5.41, 5.74) is 9.75. The van der Waals surface area contributed by atoms with Gasteiger partial charge in [-0.2, -0.15) is 10.5 Å². The molecule has 3 heterocycles. The highest BCUT2D eigenvalue weighted by atomic mass is 35.5. The van der Waals surface area contributed by atoms with Crippen LogP contribution in [-0.2, 0) is 4.74 Å². The minimum Gasteiger partial charge on any atom is -0.377 e. The lowest BCUT2D eigenvalue weighted by molar-refractivity contribution is -0.0635. The minimum absolute atomic E-state index is 0.0245. The van der Waals surface area contributed by atoms with Gasteiger partial charge in [-0.1, -0.05) is 53.5 Å². The molecule has 5 rings (SSSR count). The molecule has 0 aliphatic carbocycles. The van der Waals surface area contributed by atoms with E-state index >= 15 is 0 Å². The highest BCUT2D eigenvalue weighted by Crippen LogP contribution is 2.38. The van der Waals surface area contributed by atoms with Crippen LogP contribution in [0.15, 0.2) is 78.3 Å². The fourth-order valence-electron chi connectivity index (χ4n) is 4.38. The van der Waals surface area contributed by atoms with E-state index < -0.39 is 11.9 Å². The average Bonchev–Trinajstić information content (AvgIpc) is 3.44. The number of rotatable bonds is 9. The first-order valence-corrected chi connectivity index (χ1v) is 14.1. The molecule has 0 saturated carbocycles.